The highest BCUT2D eigenvalue weighted by Gasteiger charge is 2.83. The van der Waals surface area contributed by atoms with Crippen molar-refractivity contribution in [3.05, 3.63) is 173 Å². The molecule has 0 aromatic heterocycles. The Balaban J connectivity index is 0.000000319. The molecule has 6 rings (SSSR count). The Morgan fingerprint density at radius 3 is 1.13 bits per heavy atom. The third-order valence-electron chi connectivity index (χ3n) is 11.1. The van der Waals surface area contributed by atoms with E-state index in [9.17, 15) is 107 Å². The van der Waals surface area contributed by atoms with Crippen LogP contribution >= 0.6 is 66.7 Å². The number of para-hydroxylation sites is 2. The van der Waals surface area contributed by atoms with E-state index in [2.05, 4.69) is 47.8 Å². The summed E-state index contributed by atoms with van der Waals surface area (Å²) in [6.45, 7) is 0. The molecule has 0 aliphatic carbocycles. The average Bonchev–Trinajstić information content (AvgIpc) is 1.55. The van der Waals surface area contributed by atoms with Crippen molar-refractivity contribution < 1.29 is 116 Å². The highest BCUT2D eigenvalue weighted by Crippen LogP contribution is 2.61. The Morgan fingerprint density at radius 2 is 0.800 bits per heavy atom. The number of carbonyl (C=O) groups excluding carboxylic acids is 4. The molecule has 460 valence electrons. The summed E-state index contributed by atoms with van der Waals surface area (Å²) in [5.41, 5.74) is -13.4. The van der Waals surface area contributed by atoms with E-state index < -0.39 is 124 Å². The number of hydrogen-bond donors (Lipinski definition) is 4. The second-order valence-electron chi connectivity index (χ2n) is 16.5. The quantitative estimate of drug-likeness (QED) is 0.0511. The lowest BCUT2D eigenvalue weighted by Crippen LogP contribution is -2.59. The third kappa shape index (κ3) is 14.6. The predicted molar refractivity (Wildman–Crippen MR) is 275 cm³/mol. The number of benzene rings is 6. The first-order valence-electron chi connectivity index (χ1n) is 22.0. The van der Waals surface area contributed by atoms with Crippen molar-refractivity contribution in [3.63, 3.8) is 0 Å². The van der Waals surface area contributed by atoms with Crippen LogP contribution in [0.4, 0.5) is 111 Å². The van der Waals surface area contributed by atoms with Gasteiger partial charge >= 0.3 is 47.9 Å². The molecule has 85 heavy (non-hydrogen) atoms. The minimum Gasteiger partial charge on any atom is -0.494 e. The van der Waals surface area contributed by atoms with Gasteiger partial charge in [0.05, 0.1) is 69.3 Å². The molecule has 35 heteroatoms. The Hall–Kier alpha value is -6.77. The number of ether oxygens (including phenoxy) is 2. The molecule has 0 aliphatic heterocycles. The van der Waals surface area contributed by atoms with E-state index in [0.717, 1.165) is 19.2 Å². The molecule has 0 heterocycles. The maximum absolute atomic E-state index is 14.9. The van der Waals surface area contributed by atoms with Crippen LogP contribution in [0.5, 0.6) is 11.5 Å². The number of hydrogen-bond acceptors (Lipinski definition) is 7. The van der Waals surface area contributed by atoms with E-state index in [-0.39, 0.29) is 69.4 Å². The van der Waals surface area contributed by atoms with Crippen LogP contribution in [0.25, 0.3) is 0 Å². The van der Waals surface area contributed by atoms with E-state index >= 15 is 0 Å². The first-order chi connectivity index (χ1) is 38.9. The van der Waals surface area contributed by atoms with Crippen LogP contribution in [0.3, 0.4) is 0 Å². The number of nitrogen functional groups attached to an aromatic ring is 1. The normalized spacial score (nSPS) is 13.5. The summed E-state index contributed by atoms with van der Waals surface area (Å²) in [5.74, 6) is -18.7. The number of halogens is 25. The lowest BCUT2D eigenvalue weighted by atomic mass is 9.87. The van der Waals surface area contributed by atoms with Crippen LogP contribution in [-0.4, -0.2) is 73.7 Å². The topological polar surface area (TPSA) is 149 Å². The fraction of sp³-hybridized carbons (Fsp3) is 0.200. The van der Waals surface area contributed by atoms with Crippen LogP contribution in [0, 0.1) is 11.6 Å². The van der Waals surface area contributed by atoms with Gasteiger partial charge in [-0.3, -0.25) is 19.2 Å². The molecule has 3 amide bonds. The highest BCUT2D eigenvalue weighted by molar-refractivity contribution is 9.11. The second-order valence-corrected chi connectivity index (χ2v) is 19.4. The molecular weight excluding hydrogens is 1400 g/mol. The second kappa shape index (κ2) is 26.5. The third-order valence-corrected chi connectivity index (χ3v) is 13.2. The minimum absolute atomic E-state index is 0.00518. The number of nitrogens with two attached hydrogens (primary N) is 1. The zero-order chi connectivity index (χ0) is 65.0. The van der Waals surface area contributed by atoms with Gasteiger partial charge in [-0.2, -0.15) is 70.2 Å². The summed E-state index contributed by atoms with van der Waals surface area (Å²) >= 11 is 21.8. The van der Waals surface area contributed by atoms with Gasteiger partial charge in [0.1, 0.15) is 11.6 Å². The van der Waals surface area contributed by atoms with Crippen molar-refractivity contribution in [2.24, 2.45) is 0 Å². The molecule has 0 spiro atoms. The Bertz CT molecular complexity index is 3460. The van der Waals surface area contributed by atoms with Gasteiger partial charge < -0.3 is 31.2 Å². The van der Waals surface area contributed by atoms with Crippen LogP contribution in [0.2, 0.25) is 10.0 Å². The molecule has 0 aliphatic rings. The fourth-order valence-corrected chi connectivity index (χ4v) is 9.07. The van der Waals surface area contributed by atoms with Crippen LogP contribution < -0.4 is 31.2 Å². The van der Waals surface area contributed by atoms with E-state index in [1.54, 1.807) is 6.07 Å². The van der Waals surface area contributed by atoms with Crippen LogP contribution in [0.15, 0.2) is 118 Å². The number of carbonyl (C=O) groups is 4. The van der Waals surface area contributed by atoms with Gasteiger partial charge in [-0.05, 0) is 116 Å². The van der Waals surface area contributed by atoms with E-state index in [4.69, 9.17) is 50.0 Å². The van der Waals surface area contributed by atoms with Crippen molar-refractivity contribution in [3.8, 4) is 11.5 Å². The fourth-order valence-electron chi connectivity index (χ4n) is 7.03. The lowest BCUT2D eigenvalue weighted by Gasteiger charge is -2.36. The van der Waals surface area contributed by atoms with Gasteiger partial charge in [0.2, 0.25) is 0 Å². The summed E-state index contributed by atoms with van der Waals surface area (Å²) < 4.78 is 276. The SMILES string of the molecule is COc1c(N)cccc1C(=O)Nc1c(Cl)cc(C(F)(C(F)(F)F)C(F)(F)C(F)(F)F)cc1Br.COc1c(NC(=O)c2ccccc2F)cccc1C(=O)Nc1c(Cl)cc(C(F)(C(F)(F)F)C(F)(F)C(F)(F)F)cc1Br.O=C(Cl)c1ccccc1F. The number of anilines is 4. The van der Waals surface area contributed by atoms with Gasteiger partial charge in [0, 0.05) is 20.1 Å². The van der Waals surface area contributed by atoms with Gasteiger partial charge in [0.15, 0.2) is 11.5 Å². The zero-order valence-corrected chi connectivity index (χ0v) is 46.8. The number of amides is 3. The molecule has 0 fully saturated rings. The van der Waals surface area contributed by atoms with E-state index in [1.165, 1.54) is 73.8 Å². The van der Waals surface area contributed by atoms with E-state index in [0.29, 0.717) is 0 Å². The molecule has 10 nitrogen and oxygen atoms in total. The van der Waals surface area contributed by atoms with Gasteiger partial charge in [-0.1, -0.05) is 59.6 Å². The molecule has 6 aromatic carbocycles. The standard InChI is InChI=1S/C25H14BrClF10N2O3.C18H11BrClF9N2O2.C7H4ClFO/c1-42-19-13(6-4-8-17(19)38-20(40)12-5-2-3-7-16(12)28)21(41)39-18-14(26)9-11(10-15(18)27)22(29,24(32,33)34)23(30,31)25(35,36)37;1-33-13-8(3-2-4-11(13)30)14(32)31-12-9(19)5-7(6-10(12)20)15(21,17(24,25)26)16(22,23)18(27,28)29;8-7(10)5-3-1-2-4-6(5)9/h2-10H,1H3,(H,38,40)(H,39,41);2-6H,30H2,1H3,(H,31,32);1-4H. The average molecular weight is 1430 g/mol. The smallest absolute Gasteiger partial charge is 0.457 e. The van der Waals surface area contributed by atoms with Gasteiger partial charge in [0.25, 0.3) is 23.0 Å². The molecule has 0 saturated heterocycles. The first-order valence-corrected chi connectivity index (χ1v) is 24.7. The minimum atomic E-state index is -6.95. The molecular formula is C50H29Br2Cl3F20N4O6. The largest absolute Gasteiger partial charge is 0.494 e. The lowest BCUT2D eigenvalue weighted by molar-refractivity contribution is -0.389. The molecule has 5 N–H and O–H groups in total. The molecule has 0 radical (unpaired) electrons. The molecule has 6 aromatic rings. The van der Waals surface area contributed by atoms with Gasteiger partial charge in [-0.25, -0.2) is 17.6 Å². The summed E-state index contributed by atoms with van der Waals surface area (Å²) in [4.78, 5) is 48.5. The summed E-state index contributed by atoms with van der Waals surface area (Å²) in [6, 6.07) is 17.9. The van der Waals surface area contributed by atoms with Crippen molar-refractivity contribution in [1.29, 1.82) is 0 Å². The highest BCUT2D eigenvalue weighted by atomic mass is 79.9. The first kappa shape index (κ1) is 70.7. The maximum atomic E-state index is 14.9. The maximum Gasteiger partial charge on any atom is 0.457 e. The van der Waals surface area contributed by atoms with Gasteiger partial charge in [-0.15, -0.1) is 0 Å². The van der Waals surface area contributed by atoms with E-state index in [1.807, 2.05) is 0 Å². The predicted octanol–water partition coefficient (Wildman–Crippen LogP) is 17.8. The van der Waals surface area contributed by atoms with Crippen molar-refractivity contribution >= 4 is 112 Å². The summed E-state index contributed by atoms with van der Waals surface area (Å²) in [5, 5.41) is 3.75. The zero-order valence-electron chi connectivity index (χ0n) is 41.4. The van der Waals surface area contributed by atoms with Crippen molar-refractivity contribution in [1.82, 2.24) is 0 Å². The number of alkyl halides is 18. The molecule has 2 unspecified atom stereocenters. The van der Waals surface area contributed by atoms with Crippen molar-refractivity contribution in [2.75, 3.05) is 35.9 Å². The Labute approximate surface area is 495 Å². The summed E-state index contributed by atoms with van der Waals surface area (Å²) in [7, 11) is 2.26. The molecule has 0 bridgehead atoms. The molecule has 2 atom stereocenters. The monoisotopic (exact) mass is 1420 g/mol. The van der Waals surface area contributed by atoms with Crippen LogP contribution in [0.1, 0.15) is 52.6 Å². The number of methoxy groups -OCH3 is 2. The Morgan fingerprint density at radius 1 is 0.459 bits per heavy atom. The molecule has 0 saturated carbocycles. The van der Waals surface area contributed by atoms with Crippen molar-refractivity contribution in [2.45, 2.75) is 47.9 Å². The Kier molecular flexibility index (Phi) is 22.0. The number of nitrogens with one attached hydrogen (secondary N) is 3. The number of rotatable bonds is 13. The van der Waals surface area contributed by atoms with Crippen LogP contribution in [-0.2, 0) is 11.3 Å². The summed E-state index contributed by atoms with van der Waals surface area (Å²) in [6.07, 6.45) is -27.3.